The first kappa shape index (κ1) is 25.0. The van der Waals surface area contributed by atoms with Crippen LogP contribution in [-0.2, 0) is 6.54 Å². The van der Waals surface area contributed by atoms with Gasteiger partial charge in [-0.25, -0.2) is 4.98 Å². The van der Waals surface area contributed by atoms with Crippen molar-refractivity contribution >= 4 is 58.5 Å². The topological polar surface area (TPSA) is 109 Å². The standard InChI is InChI=1S/C23H21Cl2N7O2.ClH/c24-17-4-3-14(10-18(17)25)11-27-23-29-19-13-28-32(20(19)21(33)30-23)16-5-8-31(9-6-16)22(34)15-2-1-7-26-12-15;/h1-4,7,10,12-13,16H,5-6,8-9,11H2,(H2,27,29,30,33);1H. The molecule has 3 aromatic heterocycles. The van der Waals surface area contributed by atoms with E-state index in [1.165, 1.54) is 0 Å². The van der Waals surface area contributed by atoms with Crippen molar-refractivity contribution in [3.05, 3.63) is 80.4 Å². The third-order valence-electron chi connectivity index (χ3n) is 5.91. The predicted octanol–water partition coefficient (Wildman–Crippen LogP) is 4.33. The van der Waals surface area contributed by atoms with Gasteiger partial charge in [0.05, 0.1) is 27.8 Å². The van der Waals surface area contributed by atoms with Crippen LogP contribution in [0.2, 0.25) is 10.0 Å². The van der Waals surface area contributed by atoms with Gasteiger partial charge >= 0.3 is 0 Å². The maximum Gasteiger partial charge on any atom is 0.278 e. The third-order valence-corrected chi connectivity index (χ3v) is 6.64. The van der Waals surface area contributed by atoms with Gasteiger partial charge in [-0.05, 0) is 42.7 Å². The fourth-order valence-electron chi connectivity index (χ4n) is 4.15. The number of nitrogens with one attached hydrogen (secondary N) is 2. The molecule has 0 aliphatic carbocycles. The lowest BCUT2D eigenvalue weighted by molar-refractivity contribution is 0.0691. The first-order valence-corrected chi connectivity index (χ1v) is 11.6. The van der Waals surface area contributed by atoms with E-state index in [2.05, 4.69) is 25.4 Å². The van der Waals surface area contributed by atoms with Gasteiger partial charge in [-0.2, -0.15) is 5.10 Å². The summed E-state index contributed by atoms with van der Waals surface area (Å²) in [5, 5.41) is 8.51. The second-order valence-corrected chi connectivity index (χ2v) is 8.92. The quantitative estimate of drug-likeness (QED) is 0.394. The highest BCUT2D eigenvalue weighted by molar-refractivity contribution is 6.42. The van der Waals surface area contributed by atoms with E-state index in [9.17, 15) is 9.59 Å². The number of rotatable bonds is 5. The van der Waals surface area contributed by atoms with Crippen LogP contribution in [0.5, 0.6) is 0 Å². The van der Waals surface area contributed by atoms with E-state index in [1.807, 2.05) is 11.0 Å². The molecule has 1 aliphatic rings. The maximum absolute atomic E-state index is 12.9. The molecule has 0 saturated carbocycles. The second kappa shape index (κ2) is 10.6. The Morgan fingerprint density at radius 3 is 2.66 bits per heavy atom. The fourth-order valence-corrected chi connectivity index (χ4v) is 4.47. The van der Waals surface area contributed by atoms with E-state index in [4.69, 9.17) is 23.2 Å². The molecule has 0 atom stereocenters. The highest BCUT2D eigenvalue weighted by Crippen LogP contribution is 2.26. The van der Waals surface area contributed by atoms with Crippen molar-refractivity contribution in [3.8, 4) is 0 Å². The number of aromatic nitrogens is 5. The van der Waals surface area contributed by atoms with Crippen molar-refractivity contribution < 1.29 is 4.79 Å². The smallest absolute Gasteiger partial charge is 0.278 e. The van der Waals surface area contributed by atoms with Crippen LogP contribution in [-0.4, -0.2) is 48.6 Å². The minimum absolute atomic E-state index is 0. The third kappa shape index (κ3) is 5.27. The average Bonchev–Trinajstić information content (AvgIpc) is 3.30. The molecule has 0 unspecified atom stereocenters. The van der Waals surface area contributed by atoms with Crippen LogP contribution in [0.4, 0.5) is 5.95 Å². The minimum atomic E-state index is -0.270. The zero-order valence-electron chi connectivity index (χ0n) is 18.4. The molecule has 1 saturated heterocycles. The molecule has 1 amide bonds. The number of carbonyl (C=O) groups is 1. The van der Waals surface area contributed by atoms with Crippen LogP contribution in [0.3, 0.4) is 0 Å². The van der Waals surface area contributed by atoms with Crippen LogP contribution in [0, 0.1) is 0 Å². The van der Waals surface area contributed by atoms with Gasteiger partial charge < -0.3 is 10.2 Å². The largest absolute Gasteiger partial charge is 0.352 e. The number of hydrogen-bond acceptors (Lipinski definition) is 6. The zero-order chi connectivity index (χ0) is 23.7. The molecule has 1 fully saturated rings. The molecule has 0 bridgehead atoms. The molecular weight excluding hydrogens is 513 g/mol. The van der Waals surface area contributed by atoms with E-state index in [1.54, 1.807) is 47.5 Å². The van der Waals surface area contributed by atoms with Crippen LogP contribution in [0.25, 0.3) is 11.0 Å². The lowest BCUT2D eigenvalue weighted by Crippen LogP contribution is -2.39. The zero-order valence-corrected chi connectivity index (χ0v) is 20.8. The SMILES string of the molecule is Cl.O=C(c1cccnc1)N1CCC(n2ncc3nc(NCc4ccc(Cl)c(Cl)c4)[nH]c(=O)c32)CC1. The summed E-state index contributed by atoms with van der Waals surface area (Å²) in [5.41, 5.74) is 2.15. The lowest BCUT2D eigenvalue weighted by atomic mass is 10.0. The molecule has 2 N–H and O–H groups in total. The fraction of sp³-hybridized carbons (Fsp3) is 0.261. The van der Waals surface area contributed by atoms with Crippen molar-refractivity contribution in [2.24, 2.45) is 0 Å². The Labute approximate surface area is 216 Å². The maximum atomic E-state index is 12.9. The van der Waals surface area contributed by atoms with Crippen molar-refractivity contribution in [2.75, 3.05) is 18.4 Å². The van der Waals surface area contributed by atoms with Gasteiger partial charge in [-0.1, -0.05) is 29.3 Å². The molecule has 4 aromatic rings. The van der Waals surface area contributed by atoms with E-state index in [0.717, 1.165) is 5.56 Å². The number of nitrogens with zero attached hydrogens (tertiary/aromatic N) is 5. The molecular formula is C23H22Cl3N7O2. The second-order valence-electron chi connectivity index (χ2n) is 8.10. The van der Waals surface area contributed by atoms with Gasteiger partial charge in [0, 0.05) is 32.0 Å². The van der Waals surface area contributed by atoms with Crippen LogP contribution in [0.1, 0.15) is 34.8 Å². The number of H-pyrrole nitrogens is 1. The van der Waals surface area contributed by atoms with E-state index < -0.39 is 0 Å². The summed E-state index contributed by atoms with van der Waals surface area (Å²) in [6.07, 6.45) is 6.21. The first-order chi connectivity index (χ1) is 16.5. The Morgan fingerprint density at radius 1 is 1.14 bits per heavy atom. The molecule has 5 rings (SSSR count). The molecule has 0 radical (unpaired) electrons. The molecule has 35 heavy (non-hydrogen) atoms. The number of halogens is 3. The van der Waals surface area contributed by atoms with Gasteiger partial charge in [0.15, 0.2) is 5.52 Å². The minimum Gasteiger partial charge on any atom is -0.352 e. The Bertz CT molecular complexity index is 1400. The molecule has 1 aromatic carbocycles. The number of aromatic amines is 1. The molecule has 12 heteroatoms. The molecule has 9 nitrogen and oxygen atoms in total. The lowest BCUT2D eigenvalue weighted by Gasteiger charge is -2.32. The number of fused-ring (bicyclic) bond motifs is 1. The van der Waals surface area contributed by atoms with Crippen molar-refractivity contribution in [1.29, 1.82) is 0 Å². The molecule has 0 spiro atoms. The first-order valence-electron chi connectivity index (χ1n) is 10.8. The van der Waals surface area contributed by atoms with Crippen LogP contribution >= 0.6 is 35.6 Å². The summed E-state index contributed by atoms with van der Waals surface area (Å²) in [5.74, 6) is 0.314. The van der Waals surface area contributed by atoms with Crippen LogP contribution in [0.15, 0.2) is 53.7 Å². The van der Waals surface area contributed by atoms with E-state index in [0.29, 0.717) is 65.1 Å². The number of hydrogen-bond donors (Lipinski definition) is 2. The summed E-state index contributed by atoms with van der Waals surface area (Å²) in [6.45, 7) is 1.58. The summed E-state index contributed by atoms with van der Waals surface area (Å²) < 4.78 is 1.73. The number of piperidine rings is 1. The van der Waals surface area contributed by atoms with Crippen molar-refractivity contribution in [2.45, 2.75) is 25.4 Å². The average molecular weight is 535 g/mol. The van der Waals surface area contributed by atoms with Gasteiger partial charge in [0.1, 0.15) is 5.52 Å². The number of carbonyl (C=O) groups excluding carboxylic acids is 1. The Kier molecular flexibility index (Phi) is 7.59. The van der Waals surface area contributed by atoms with Gasteiger partial charge in [0.25, 0.3) is 11.5 Å². The molecule has 1 aliphatic heterocycles. The predicted molar refractivity (Wildman–Crippen MR) is 138 cm³/mol. The highest BCUT2D eigenvalue weighted by Gasteiger charge is 2.27. The Balaban J connectivity index is 0.00000289. The van der Waals surface area contributed by atoms with E-state index >= 15 is 0 Å². The Morgan fingerprint density at radius 2 is 1.94 bits per heavy atom. The molecule has 4 heterocycles. The number of amides is 1. The monoisotopic (exact) mass is 533 g/mol. The van der Waals surface area contributed by atoms with Crippen molar-refractivity contribution in [3.63, 3.8) is 0 Å². The van der Waals surface area contributed by atoms with Gasteiger partial charge in [-0.15, -0.1) is 12.4 Å². The summed E-state index contributed by atoms with van der Waals surface area (Å²) in [4.78, 5) is 38.7. The Hall–Kier alpha value is -3.14. The number of anilines is 1. The molecule has 182 valence electrons. The van der Waals surface area contributed by atoms with Crippen molar-refractivity contribution in [1.82, 2.24) is 29.6 Å². The summed E-state index contributed by atoms with van der Waals surface area (Å²) >= 11 is 12.0. The summed E-state index contributed by atoms with van der Waals surface area (Å²) in [6, 6.07) is 8.86. The highest BCUT2D eigenvalue weighted by atomic mass is 35.5. The number of pyridine rings is 1. The van der Waals surface area contributed by atoms with Gasteiger partial charge in [0.2, 0.25) is 5.95 Å². The van der Waals surface area contributed by atoms with Gasteiger partial charge in [-0.3, -0.25) is 24.2 Å². The van der Waals surface area contributed by atoms with E-state index in [-0.39, 0.29) is 29.9 Å². The normalized spacial score (nSPS) is 14.1. The number of benzene rings is 1. The summed E-state index contributed by atoms with van der Waals surface area (Å²) in [7, 11) is 0. The number of likely N-dealkylation sites (tertiary alicyclic amines) is 1. The van der Waals surface area contributed by atoms with Crippen LogP contribution < -0.4 is 10.9 Å².